The smallest absolute Gasteiger partial charge is 0.225 e. The molecule has 0 saturated heterocycles. The molecule has 0 fully saturated rings. The van der Waals surface area contributed by atoms with Gasteiger partial charge in [-0.1, -0.05) is 29.4 Å². The lowest BCUT2D eigenvalue weighted by Crippen LogP contribution is -2.15. The van der Waals surface area contributed by atoms with Gasteiger partial charge in [0.05, 0.1) is 0 Å². The Morgan fingerprint density at radius 2 is 2.29 bits per heavy atom. The zero-order valence-corrected chi connectivity index (χ0v) is 10.6. The number of carbonyl (C=O) groups is 1. The van der Waals surface area contributed by atoms with Crippen LogP contribution in [0.1, 0.15) is 6.42 Å². The zero-order chi connectivity index (χ0) is 12.7. The number of hydrogen-bond acceptors (Lipinski definition) is 4. The molecule has 5 nitrogen and oxygen atoms in total. The van der Waals surface area contributed by atoms with Crippen molar-refractivity contribution in [2.45, 2.75) is 6.42 Å². The first-order chi connectivity index (χ1) is 8.11. The quantitative estimate of drug-likeness (QED) is 0.336. The van der Waals surface area contributed by atoms with Gasteiger partial charge in [-0.2, -0.15) is 5.10 Å². The van der Waals surface area contributed by atoms with E-state index in [0.717, 1.165) is 0 Å². The first-order valence-electron chi connectivity index (χ1n) is 4.83. The largest absolute Gasteiger partial charge is 0.377 e. The summed E-state index contributed by atoms with van der Waals surface area (Å²) in [4.78, 5) is 11.5. The van der Waals surface area contributed by atoms with Crippen LogP contribution in [0.4, 0.5) is 5.69 Å². The van der Waals surface area contributed by atoms with E-state index in [4.69, 9.17) is 23.2 Å². The maximum atomic E-state index is 11.5. The number of thioether (sulfide) groups is 1. The minimum absolute atomic E-state index is 0.107. The fourth-order valence-electron chi connectivity index (χ4n) is 1.08. The maximum absolute atomic E-state index is 11.5. The molecule has 0 bridgehead atoms. The van der Waals surface area contributed by atoms with Crippen LogP contribution in [0.15, 0.2) is 29.4 Å². The van der Waals surface area contributed by atoms with Crippen molar-refractivity contribution >= 4 is 40.1 Å². The molecule has 0 atom stereocenters. The summed E-state index contributed by atoms with van der Waals surface area (Å²) in [5.41, 5.74) is 6.04. The van der Waals surface area contributed by atoms with E-state index in [2.05, 4.69) is 10.4 Å². The van der Waals surface area contributed by atoms with E-state index in [1.54, 1.807) is 24.3 Å². The van der Waals surface area contributed by atoms with Crippen molar-refractivity contribution in [3.05, 3.63) is 29.3 Å². The molecule has 1 rings (SSSR count). The van der Waals surface area contributed by atoms with Crippen LogP contribution in [0.25, 0.3) is 0 Å². The Bertz CT molecular complexity index is 425. The number of hydrazone groups is 1. The average molecular weight is 273 g/mol. The summed E-state index contributed by atoms with van der Waals surface area (Å²) in [6.07, 6.45) is 0.327. The van der Waals surface area contributed by atoms with Crippen molar-refractivity contribution in [1.29, 1.82) is 0 Å². The second kappa shape index (κ2) is 7.03. The summed E-state index contributed by atoms with van der Waals surface area (Å²) in [5, 5.41) is 6.86. The summed E-state index contributed by atoms with van der Waals surface area (Å²) in [5.74, 6) is 5.38. The highest BCUT2D eigenvalue weighted by Crippen LogP contribution is 2.15. The Balaban J connectivity index is 2.35. The predicted molar refractivity (Wildman–Crippen MR) is 73.0 cm³/mol. The third-order valence-corrected chi connectivity index (χ3v) is 2.86. The van der Waals surface area contributed by atoms with Gasteiger partial charge in [-0.25, -0.2) is 0 Å². The van der Waals surface area contributed by atoms with Crippen molar-refractivity contribution in [3.8, 4) is 0 Å². The number of carbonyl (C=O) groups excluding carboxylic acids is 1. The van der Waals surface area contributed by atoms with Crippen LogP contribution in [0.5, 0.6) is 0 Å². The Morgan fingerprint density at radius 1 is 1.53 bits per heavy atom. The summed E-state index contributed by atoms with van der Waals surface area (Å²) in [6, 6.07) is 6.96. The van der Waals surface area contributed by atoms with Gasteiger partial charge in [0.15, 0.2) is 5.17 Å². The summed E-state index contributed by atoms with van der Waals surface area (Å²) < 4.78 is 0. The highest BCUT2D eigenvalue weighted by molar-refractivity contribution is 8.13. The predicted octanol–water partition coefficient (Wildman–Crippen LogP) is 1.59. The lowest BCUT2D eigenvalue weighted by atomic mass is 10.3. The van der Waals surface area contributed by atoms with E-state index in [9.17, 15) is 4.79 Å². The lowest BCUT2D eigenvalue weighted by molar-refractivity contribution is -0.115. The van der Waals surface area contributed by atoms with Crippen molar-refractivity contribution in [2.24, 2.45) is 16.7 Å². The first-order valence-corrected chi connectivity index (χ1v) is 6.19. The summed E-state index contributed by atoms with van der Waals surface area (Å²) in [7, 11) is 0. The maximum Gasteiger partial charge on any atom is 0.225 e. The molecule has 5 N–H and O–H groups in total. The number of amides is 1. The van der Waals surface area contributed by atoms with Crippen molar-refractivity contribution in [1.82, 2.24) is 0 Å². The molecule has 0 aliphatic heterocycles. The van der Waals surface area contributed by atoms with Crippen LogP contribution in [0, 0.1) is 0 Å². The van der Waals surface area contributed by atoms with Gasteiger partial charge in [-0.05, 0) is 18.2 Å². The Labute approximate surface area is 109 Å². The van der Waals surface area contributed by atoms with E-state index in [-0.39, 0.29) is 11.1 Å². The number of halogens is 1. The Kier molecular flexibility index (Phi) is 5.65. The molecule has 0 aromatic heterocycles. The van der Waals surface area contributed by atoms with Crippen LogP contribution < -0.4 is 16.9 Å². The number of nitrogens with zero attached hydrogens (tertiary/aromatic N) is 1. The van der Waals surface area contributed by atoms with Crippen molar-refractivity contribution in [3.63, 3.8) is 0 Å². The van der Waals surface area contributed by atoms with Crippen LogP contribution in [0.2, 0.25) is 5.02 Å². The van der Waals surface area contributed by atoms with Crippen LogP contribution in [-0.2, 0) is 4.79 Å². The molecule has 0 unspecified atom stereocenters. The first kappa shape index (κ1) is 13.7. The second-order valence-corrected chi connectivity index (χ2v) is 4.68. The number of nitrogens with one attached hydrogen (secondary N) is 1. The van der Waals surface area contributed by atoms with Gasteiger partial charge >= 0.3 is 0 Å². The molecule has 0 heterocycles. The van der Waals surface area contributed by atoms with Gasteiger partial charge in [0, 0.05) is 22.9 Å². The normalized spacial score (nSPS) is 11.2. The van der Waals surface area contributed by atoms with E-state index >= 15 is 0 Å². The molecule has 17 heavy (non-hydrogen) atoms. The molecule has 1 amide bonds. The fraction of sp³-hybridized carbons (Fsp3) is 0.200. The van der Waals surface area contributed by atoms with Gasteiger partial charge in [0.2, 0.25) is 5.91 Å². The minimum Gasteiger partial charge on any atom is -0.377 e. The summed E-state index contributed by atoms with van der Waals surface area (Å²) in [6.45, 7) is 0. The number of hydrogen-bond donors (Lipinski definition) is 3. The molecule has 0 radical (unpaired) electrons. The van der Waals surface area contributed by atoms with Gasteiger partial charge in [0.25, 0.3) is 0 Å². The van der Waals surface area contributed by atoms with Crippen molar-refractivity contribution < 1.29 is 4.79 Å². The molecule has 7 heteroatoms. The topological polar surface area (TPSA) is 93.5 Å². The SMILES string of the molecule is NN=C(N)SCCC(=O)Nc1cccc(Cl)c1. The standard InChI is InChI=1S/C10H13ClN4OS/c11-7-2-1-3-8(6-7)14-9(16)4-5-17-10(12)15-13/h1-3,6H,4-5,13H2,(H2,12,15)(H,14,16). The molecule has 1 aromatic rings. The van der Waals surface area contributed by atoms with Gasteiger partial charge < -0.3 is 16.9 Å². The molecule has 0 saturated carbocycles. The highest BCUT2D eigenvalue weighted by Gasteiger charge is 2.03. The number of benzene rings is 1. The monoisotopic (exact) mass is 272 g/mol. The van der Waals surface area contributed by atoms with Gasteiger partial charge in [-0.15, -0.1) is 0 Å². The van der Waals surface area contributed by atoms with Crippen LogP contribution in [0.3, 0.4) is 0 Å². The molecule has 0 spiro atoms. The van der Waals surface area contributed by atoms with Gasteiger partial charge in [-0.3, -0.25) is 4.79 Å². The molecule has 0 aliphatic carbocycles. The molecular weight excluding hydrogens is 260 g/mol. The second-order valence-electron chi connectivity index (χ2n) is 3.12. The zero-order valence-electron chi connectivity index (χ0n) is 9.02. The molecule has 0 aliphatic rings. The Hall–Kier alpha value is -1.40. The van der Waals surface area contributed by atoms with Crippen LogP contribution >= 0.6 is 23.4 Å². The number of anilines is 1. The molecular formula is C10H13ClN4OS. The van der Waals surface area contributed by atoms with Crippen molar-refractivity contribution in [2.75, 3.05) is 11.1 Å². The average Bonchev–Trinajstić information content (AvgIpc) is 2.28. The number of amidine groups is 1. The lowest BCUT2D eigenvalue weighted by Gasteiger charge is -2.05. The van der Waals surface area contributed by atoms with E-state index in [1.165, 1.54) is 11.8 Å². The highest BCUT2D eigenvalue weighted by atomic mass is 35.5. The van der Waals surface area contributed by atoms with Crippen LogP contribution in [-0.4, -0.2) is 16.8 Å². The van der Waals surface area contributed by atoms with E-state index < -0.39 is 0 Å². The third kappa shape index (κ3) is 5.46. The minimum atomic E-state index is -0.107. The summed E-state index contributed by atoms with van der Waals surface area (Å²) >= 11 is 7.03. The molecule has 1 aromatic carbocycles. The van der Waals surface area contributed by atoms with Gasteiger partial charge in [0.1, 0.15) is 0 Å². The number of rotatable bonds is 4. The molecule has 92 valence electrons. The van der Waals surface area contributed by atoms with E-state index in [0.29, 0.717) is 22.9 Å². The fourth-order valence-corrected chi connectivity index (χ4v) is 1.84. The third-order valence-electron chi connectivity index (χ3n) is 1.81. The number of nitrogens with two attached hydrogens (primary N) is 2. The Morgan fingerprint density at radius 3 is 2.94 bits per heavy atom. The van der Waals surface area contributed by atoms with E-state index in [1.807, 2.05) is 0 Å².